The summed E-state index contributed by atoms with van der Waals surface area (Å²) >= 11 is 0. The van der Waals surface area contributed by atoms with Gasteiger partial charge in [-0.3, -0.25) is 0 Å². The van der Waals surface area contributed by atoms with Gasteiger partial charge in [-0.1, -0.05) is 6.07 Å². The summed E-state index contributed by atoms with van der Waals surface area (Å²) in [6.07, 6.45) is -0.624. The lowest BCUT2D eigenvalue weighted by molar-refractivity contribution is 0.151. The molecule has 15 heavy (non-hydrogen) atoms. The van der Waals surface area contributed by atoms with Crippen LogP contribution in [0.1, 0.15) is 12.5 Å². The first-order valence-corrected chi connectivity index (χ1v) is 4.48. The van der Waals surface area contributed by atoms with Gasteiger partial charge in [0, 0.05) is 18.2 Å². The van der Waals surface area contributed by atoms with Gasteiger partial charge in [0.2, 0.25) is 0 Å². The molecule has 1 amide bonds. The molecule has 0 atom stereocenters. The topological polar surface area (TPSA) is 38.3 Å². The second-order valence-electron chi connectivity index (χ2n) is 2.81. The third-order valence-corrected chi connectivity index (χ3v) is 1.71. The van der Waals surface area contributed by atoms with Crippen molar-refractivity contribution in [1.29, 1.82) is 0 Å². The van der Waals surface area contributed by atoms with Crippen LogP contribution in [0.5, 0.6) is 0 Å². The molecule has 0 bridgehead atoms. The molecule has 1 aromatic rings. The summed E-state index contributed by atoms with van der Waals surface area (Å²) in [4.78, 5) is 10.9. The van der Waals surface area contributed by atoms with Crippen LogP contribution in [0.2, 0.25) is 0 Å². The van der Waals surface area contributed by atoms with E-state index in [0.29, 0.717) is 0 Å². The van der Waals surface area contributed by atoms with Crippen LogP contribution in [0.3, 0.4) is 0 Å². The quantitative estimate of drug-likeness (QED) is 0.839. The third kappa shape index (κ3) is 3.53. The Kier molecular flexibility index (Phi) is 4.03. The first-order chi connectivity index (χ1) is 7.13. The van der Waals surface area contributed by atoms with Crippen LogP contribution in [0.25, 0.3) is 0 Å². The second-order valence-corrected chi connectivity index (χ2v) is 2.81. The number of amides is 1. The fourth-order valence-corrected chi connectivity index (χ4v) is 1.01. The Labute approximate surface area is 86.0 Å². The number of alkyl carbamates (subject to hydrolysis) is 1. The molecule has 0 aliphatic carbocycles. The van der Waals surface area contributed by atoms with Crippen LogP contribution in [-0.2, 0) is 11.3 Å². The lowest BCUT2D eigenvalue weighted by atomic mass is 10.2. The molecular weight excluding hydrogens is 204 g/mol. The normalized spacial score (nSPS) is 9.80. The standard InChI is InChI=1S/C10H11F2NO2/c1-2-15-10(14)13-6-7-3-4-8(11)5-9(7)12/h3-5H,2,6H2,1H3,(H,13,14). The summed E-state index contributed by atoms with van der Waals surface area (Å²) in [6.45, 7) is 1.89. The van der Waals surface area contributed by atoms with Crippen molar-refractivity contribution in [2.45, 2.75) is 13.5 Å². The molecule has 0 fully saturated rings. The molecule has 1 N–H and O–H groups in total. The third-order valence-electron chi connectivity index (χ3n) is 1.71. The van der Waals surface area contributed by atoms with E-state index in [2.05, 4.69) is 10.1 Å². The van der Waals surface area contributed by atoms with Gasteiger partial charge in [-0.15, -0.1) is 0 Å². The number of carbonyl (C=O) groups is 1. The summed E-state index contributed by atoms with van der Waals surface area (Å²) < 4.78 is 30.2. The van der Waals surface area contributed by atoms with E-state index in [9.17, 15) is 13.6 Å². The maximum absolute atomic E-state index is 13.1. The predicted octanol–water partition coefficient (Wildman–Crippen LogP) is 2.21. The minimum atomic E-state index is -0.688. The van der Waals surface area contributed by atoms with Gasteiger partial charge in [0.1, 0.15) is 11.6 Å². The van der Waals surface area contributed by atoms with E-state index in [-0.39, 0.29) is 18.7 Å². The molecule has 0 unspecified atom stereocenters. The van der Waals surface area contributed by atoms with Crippen molar-refractivity contribution in [3.8, 4) is 0 Å². The first-order valence-electron chi connectivity index (χ1n) is 4.48. The molecule has 0 radical (unpaired) electrons. The Bertz CT molecular complexity index is 355. The van der Waals surface area contributed by atoms with Crippen LogP contribution in [0, 0.1) is 11.6 Å². The zero-order valence-electron chi connectivity index (χ0n) is 8.22. The Morgan fingerprint density at radius 1 is 1.47 bits per heavy atom. The van der Waals surface area contributed by atoms with E-state index in [4.69, 9.17) is 0 Å². The van der Waals surface area contributed by atoms with Gasteiger partial charge in [0.15, 0.2) is 0 Å². The lowest BCUT2D eigenvalue weighted by Gasteiger charge is -2.05. The van der Waals surface area contributed by atoms with Crippen molar-refractivity contribution in [3.05, 3.63) is 35.4 Å². The van der Waals surface area contributed by atoms with E-state index < -0.39 is 17.7 Å². The van der Waals surface area contributed by atoms with Gasteiger partial charge < -0.3 is 10.1 Å². The summed E-state index contributed by atoms with van der Waals surface area (Å²) in [5.41, 5.74) is 0.212. The molecule has 0 saturated carbocycles. The lowest BCUT2D eigenvalue weighted by Crippen LogP contribution is -2.24. The summed E-state index contributed by atoms with van der Waals surface area (Å²) in [5.74, 6) is -1.33. The van der Waals surface area contributed by atoms with Crippen molar-refractivity contribution >= 4 is 6.09 Å². The fourth-order valence-electron chi connectivity index (χ4n) is 1.01. The fraction of sp³-hybridized carbons (Fsp3) is 0.300. The minimum Gasteiger partial charge on any atom is -0.450 e. The molecular formula is C10H11F2NO2. The minimum absolute atomic E-state index is 0.0229. The van der Waals surface area contributed by atoms with Crippen molar-refractivity contribution in [1.82, 2.24) is 5.32 Å². The molecule has 82 valence electrons. The number of nitrogens with one attached hydrogen (secondary N) is 1. The van der Waals surface area contributed by atoms with Crippen molar-refractivity contribution in [2.24, 2.45) is 0 Å². The van der Waals surface area contributed by atoms with E-state index in [0.717, 1.165) is 12.1 Å². The van der Waals surface area contributed by atoms with Crippen molar-refractivity contribution in [3.63, 3.8) is 0 Å². The monoisotopic (exact) mass is 215 g/mol. The number of ether oxygens (including phenoxy) is 1. The van der Waals surface area contributed by atoms with Gasteiger partial charge in [-0.05, 0) is 13.0 Å². The SMILES string of the molecule is CCOC(=O)NCc1ccc(F)cc1F. The summed E-state index contributed by atoms with van der Waals surface area (Å²) in [5, 5.41) is 2.34. The first kappa shape index (κ1) is 11.4. The van der Waals surface area contributed by atoms with Gasteiger partial charge in [0.05, 0.1) is 6.61 Å². The van der Waals surface area contributed by atoms with Crippen LogP contribution in [0.4, 0.5) is 13.6 Å². The average molecular weight is 215 g/mol. The number of benzene rings is 1. The maximum Gasteiger partial charge on any atom is 0.407 e. The molecule has 0 aromatic heterocycles. The molecule has 1 aromatic carbocycles. The number of hydrogen-bond acceptors (Lipinski definition) is 2. The Hall–Kier alpha value is -1.65. The Morgan fingerprint density at radius 3 is 2.80 bits per heavy atom. The highest BCUT2D eigenvalue weighted by molar-refractivity contribution is 5.67. The Balaban J connectivity index is 2.54. The highest BCUT2D eigenvalue weighted by Crippen LogP contribution is 2.08. The number of rotatable bonds is 3. The molecule has 0 aliphatic heterocycles. The van der Waals surface area contributed by atoms with Crippen LogP contribution >= 0.6 is 0 Å². The van der Waals surface area contributed by atoms with Gasteiger partial charge in [-0.25, -0.2) is 13.6 Å². The van der Waals surface area contributed by atoms with Gasteiger partial charge in [-0.2, -0.15) is 0 Å². The highest BCUT2D eigenvalue weighted by atomic mass is 19.1. The van der Waals surface area contributed by atoms with E-state index in [1.807, 2.05) is 0 Å². The van der Waals surface area contributed by atoms with Crippen LogP contribution in [-0.4, -0.2) is 12.7 Å². The zero-order valence-corrected chi connectivity index (χ0v) is 8.22. The van der Waals surface area contributed by atoms with Gasteiger partial charge >= 0.3 is 6.09 Å². The smallest absolute Gasteiger partial charge is 0.407 e. The Morgan fingerprint density at radius 2 is 2.20 bits per heavy atom. The van der Waals surface area contributed by atoms with Crippen LogP contribution < -0.4 is 5.32 Å². The van der Waals surface area contributed by atoms with E-state index in [1.165, 1.54) is 6.07 Å². The highest BCUT2D eigenvalue weighted by Gasteiger charge is 2.05. The van der Waals surface area contributed by atoms with Crippen molar-refractivity contribution < 1.29 is 18.3 Å². The van der Waals surface area contributed by atoms with Crippen molar-refractivity contribution in [2.75, 3.05) is 6.61 Å². The van der Waals surface area contributed by atoms with Crippen LogP contribution in [0.15, 0.2) is 18.2 Å². The molecule has 0 heterocycles. The molecule has 5 heteroatoms. The zero-order chi connectivity index (χ0) is 11.3. The largest absolute Gasteiger partial charge is 0.450 e. The molecule has 1 rings (SSSR count). The molecule has 0 aliphatic rings. The summed E-state index contributed by atoms with van der Waals surface area (Å²) in [7, 11) is 0. The second kappa shape index (κ2) is 5.29. The molecule has 3 nitrogen and oxygen atoms in total. The van der Waals surface area contributed by atoms with Gasteiger partial charge in [0.25, 0.3) is 0 Å². The number of halogens is 2. The van der Waals surface area contributed by atoms with E-state index >= 15 is 0 Å². The summed E-state index contributed by atoms with van der Waals surface area (Å²) in [6, 6.07) is 3.17. The maximum atomic E-state index is 13.1. The average Bonchev–Trinajstić information content (AvgIpc) is 2.17. The van der Waals surface area contributed by atoms with E-state index in [1.54, 1.807) is 6.92 Å². The number of carbonyl (C=O) groups excluding carboxylic acids is 1. The molecule has 0 spiro atoms. The predicted molar refractivity (Wildman–Crippen MR) is 50.2 cm³/mol. The molecule has 0 saturated heterocycles. The number of hydrogen-bond donors (Lipinski definition) is 1.